The van der Waals surface area contributed by atoms with Gasteiger partial charge in [-0.3, -0.25) is 0 Å². The number of methoxy groups -OCH3 is 1. The Morgan fingerprint density at radius 2 is 1.25 bits per heavy atom. The lowest BCUT2D eigenvalue weighted by molar-refractivity contribution is -0.0461. The van der Waals surface area contributed by atoms with E-state index in [0.717, 1.165) is 0 Å². The van der Waals surface area contributed by atoms with Gasteiger partial charge in [-0.15, -0.1) is 0 Å². The molecular weight excluding hydrogens is 720 g/mol. The molecule has 4 bridgehead atoms. The minimum atomic E-state index is -0.884. The zero-order chi connectivity index (χ0) is 40.5. The molecule has 302 valence electrons. The number of hydrogen-bond donors (Lipinski definition) is 2. The summed E-state index contributed by atoms with van der Waals surface area (Å²) in [5, 5.41) is 21.9. The van der Waals surface area contributed by atoms with Crippen LogP contribution in [0.2, 0.25) is 0 Å². The monoisotopic (exact) mass is 774 g/mol. The standard InChI is InChI=1S/C43H54N2O11/c1-8-14-34(46)42(3,4)36-20-13-18-32-33(54-32)23-22-27(50-7)24-39-45-29(26-52-39)41(49)56-37(43(5,6)35(47)15-9-2)19-12-17-31-30(53-31)16-10-11-21-38-44-28(25-51-38)40(48)55-36/h8-18,21-23,25-27,30-37,46-47H,19-20,24H2,1-7H3/b14-8+,15-9+,16-10?,17-12?,18-13?,21-11?,23-22?. The number of aromatic nitrogens is 2. The van der Waals surface area contributed by atoms with Crippen LogP contribution in [0.5, 0.6) is 0 Å². The summed E-state index contributed by atoms with van der Waals surface area (Å²) < 4.78 is 40.3. The van der Waals surface area contributed by atoms with Crippen LogP contribution in [-0.2, 0) is 30.1 Å². The van der Waals surface area contributed by atoms with Gasteiger partial charge in [-0.1, -0.05) is 107 Å². The highest BCUT2D eigenvalue weighted by Gasteiger charge is 2.41. The van der Waals surface area contributed by atoms with Crippen molar-refractivity contribution in [1.82, 2.24) is 9.97 Å². The highest BCUT2D eigenvalue weighted by molar-refractivity contribution is 5.87. The average Bonchev–Trinajstić information content (AvgIpc) is 3.96. The minimum Gasteiger partial charge on any atom is -0.457 e. The fourth-order valence-corrected chi connectivity index (χ4v) is 6.10. The topological polar surface area (TPSA) is 179 Å². The molecule has 2 saturated heterocycles. The first-order chi connectivity index (χ1) is 26.8. The Balaban J connectivity index is 1.37. The van der Waals surface area contributed by atoms with Gasteiger partial charge in [-0.25, -0.2) is 19.6 Å². The van der Waals surface area contributed by atoms with Crippen molar-refractivity contribution in [2.45, 2.75) is 116 Å². The van der Waals surface area contributed by atoms with Gasteiger partial charge >= 0.3 is 11.9 Å². The number of aliphatic hydroxyl groups is 2. The Kier molecular flexibility index (Phi) is 14.4. The maximum atomic E-state index is 13.4. The van der Waals surface area contributed by atoms with E-state index in [1.54, 1.807) is 49.6 Å². The number of rotatable bonds is 7. The number of esters is 2. The molecule has 0 aromatic carbocycles. The molecule has 56 heavy (non-hydrogen) atoms. The smallest absolute Gasteiger partial charge is 0.360 e. The molecule has 0 radical (unpaired) electrons. The van der Waals surface area contributed by atoms with Crippen molar-refractivity contribution >= 4 is 18.0 Å². The first-order valence-corrected chi connectivity index (χ1v) is 18.9. The summed E-state index contributed by atoms with van der Waals surface area (Å²) in [6.07, 6.45) is 24.1. The van der Waals surface area contributed by atoms with Crippen molar-refractivity contribution in [3.63, 3.8) is 0 Å². The van der Waals surface area contributed by atoms with Crippen molar-refractivity contribution in [2.75, 3.05) is 7.11 Å². The van der Waals surface area contributed by atoms with Gasteiger partial charge in [0.05, 0.1) is 24.7 Å². The summed E-state index contributed by atoms with van der Waals surface area (Å²) in [5.41, 5.74) is -1.68. The van der Waals surface area contributed by atoms with Gasteiger partial charge in [-0.05, 0) is 13.8 Å². The third-order valence-electron chi connectivity index (χ3n) is 10.2. The van der Waals surface area contributed by atoms with E-state index in [4.69, 9.17) is 32.5 Å². The van der Waals surface area contributed by atoms with Crippen LogP contribution in [0.15, 0.2) is 100 Å². The lowest BCUT2D eigenvalue weighted by Gasteiger charge is -2.36. The molecule has 9 atom stereocenters. The highest BCUT2D eigenvalue weighted by atomic mass is 16.6. The van der Waals surface area contributed by atoms with Crippen molar-refractivity contribution < 1.29 is 52.3 Å². The third kappa shape index (κ3) is 11.2. The molecule has 0 spiro atoms. The summed E-state index contributed by atoms with van der Waals surface area (Å²) in [4.78, 5) is 35.3. The van der Waals surface area contributed by atoms with Gasteiger partial charge in [0.15, 0.2) is 17.3 Å². The number of aliphatic hydroxyl groups excluding tert-OH is 2. The number of cyclic esters (lactones) is 2. The average molecular weight is 775 g/mol. The molecule has 0 aliphatic carbocycles. The Bertz CT molecular complexity index is 1840. The number of carbonyl (C=O) groups is 2. The maximum absolute atomic E-state index is 13.4. The molecule has 13 heteroatoms. The quantitative estimate of drug-likeness (QED) is 0.178. The van der Waals surface area contributed by atoms with E-state index < -0.39 is 53.3 Å². The molecule has 5 rings (SSSR count). The van der Waals surface area contributed by atoms with Crippen LogP contribution in [0.3, 0.4) is 0 Å². The van der Waals surface area contributed by atoms with E-state index in [0.29, 0.717) is 12.8 Å². The van der Waals surface area contributed by atoms with Gasteiger partial charge < -0.3 is 42.7 Å². The zero-order valence-electron chi connectivity index (χ0n) is 33.0. The maximum Gasteiger partial charge on any atom is 0.360 e. The summed E-state index contributed by atoms with van der Waals surface area (Å²) in [7, 11) is 1.56. The summed E-state index contributed by atoms with van der Waals surface area (Å²) >= 11 is 0. The van der Waals surface area contributed by atoms with E-state index in [1.165, 1.54) is 12.5 Å². The Labute approximate surface area is 328 Å². The largest absolute Gasteiger partial charge is 0.457 e. The summed E-state index contributed by atoms with van der Waals surface area (Å²) in [6.45, 7) is 11.0. The summed E-state index contributed by atoms with van der Waals surface area (Å²) in [5.74, 6) is -0.844. The van der Waals surface area contributed by atoms with Crippen molar-refractivity contribution in [3.05, 3.63) is 115 Å². The Morgan fingerprint density at radius 1 is 0.732 bits per heavy atom. The normalized spacial score (nSPS) is 28.1. The van der Waals surface area contributed by atoms with Crippen LogP contribution < -0.4 is 0 Å². The number of ether oxygens (including phenoxy) is 5. The van der Waals surface area contributed by atoms with Crippen LogP contribution in [0.1, 0.15) is 87.1 Å². The predicted molar refractivity (Wildman–Crippen MR) is 207 cm³/mol. The fourth-order valence-electron chi connectivity index (χ4n) is 6.10. The second-order valence-corrected chi connectivity index (χ2v) is 15.1. The molecule has 3 aliphatic heterocycles. The SMILES string of the molecule is C/C=C/C(O)C(C)(C)C1CC=CC2OC2C=CC(OC)Cc2nc(co2)C(=O)OC(C(C)(C)C(O)/C=C/C)CC=CC2OC2C=CC=Cc2nc(co2)C(=O)O1. The first-order valence-electron chi connectivity index (χ1n) is 18.9. The fraction of sp³-hybridized carbons (Fsp3) is 0.488. The van der Waals surface area contributed by atoms with Crippen molar-refractivity contribution in [1.29, 1.82) is 0 Å². The van der Waals surface area contributed by atoms with Gasteiger partial charge in [0.1, 0.15) is 49.2 Å². The molecule has 2 fully saturated rings. The first kappa shape index (κ1) is 42.5. The van der Waals surface area contributed by atoms with Crippen LogP contribution in [0, 0.1) is 10.8 Å². The van der Waals surface area contributed by atoms with Gasteiger partial charge in [0, 0.05) is 36.9 Å². The minimum absolute atomic E-state index is 0.00381. The van der Waals surface area contributed by atoms with Crippen molar-refractivity contribution in [3.8, 4) is 0 Å². The Morgan fingerprint density at radius 3 is 1.80 bits per heavy atom. The van der Waals surface area contributed by atoms with Gasteiger partial charge in [-0.2, -0.15) is 0 Å². The molecule has 5 heterocycles. The molecule has 2 aromatic rings. The molecule has 13 nitrogen and oxygen atoms in total. The number of allylic oxidation sites excluding steroid dienone is 4. The molecule has 2 N–H and O–H groups in total. The number of nitrogens with zero attached hydrogens (tertiary/aromatic N) is 2. The van der Waals surface area contributed by atoms with Crippen LogP contribution in [0.25, 0.3) is 6.08 Å². The van der Waals surface area contributed by atoms with E-state index >= 15 is 0 Å². The van der Waals surface area contributed by atoms with Crippen LogP contribution in [-0.4, -0.2) is 94.2 Å². The second kappa shape index (κ2) is 19.0. The molecule has 9 unspecified atom stereocenters. The van der Waals surface area contributed by atoms with E-state index in [1.807, 2.05) is 84.1 Å². The number of oxazole rings is 2. The van der Waals surface area contributed by atoms with E-state index in [-0.39, 0.29) is 54.0 Å². The predicted octanol–water partition coefficient (Wildman–Crippen LogP) is 6.46. The number of carbonyl (C=O) groups excluding carboxylic acids is 2. The van der Waals surface area contributed by atoms with Crippen molar-refractivity contribution in [2.24, 2.45) is 10.8 Å². The molecule has 2 aromatic heterocycles. The number of fused-ring (bicyclic) bond motifs is 6. The molecule has 3 aliphatic rings. The van der Waals surface area contributed by atoms with Gasteiger partial charge in [0.25, 0.3) is 0 Å². The van der Waals surface area contributed by atoms with Crippen LogP contribution >= 0.6 is 0 Å². The molecular formula is C43H54N2O11. The number of epoxide rings is 2. The molecule has 0 amide bonds. The van der Waals surface area contributed by atoms with Gasteiger partial charge in [0.2, 0.25) is 5.89 Å². The second-order valence-electron chi connectivity index (χ2n) is 15.1. The summed E-state index contributed by atoms with van der Waals surface area (Å²) in [6, 6.07) is 0. The van der Waals surface area contributed by atoms with E-state index in [2.05, 4.69) is 9.97 Å². The highest BCUT2D eigenvalue weighted by Crippen LogP contribution is 2.35. The Hall–Kier alpha value is -4.66. The number of hydrogen-bond acceptors (Lipinski definition) is 13. The van der Waals surface area contributed by atoms with E-state index in [9.17, 15) is 19.8 Å². The lowest BCUT2D eigenvalue weighted by Crippen LogP contribution is -2.42. The lowest BCUT2D eigenvalue weighted by atomic mass is 9.79. The zero-order valence-corrected chi connectivity index (χ0v) is 33.0. The van der Waals surface area contributed by atoms with Crippen LogP contribution in [0.4, 0.5) is 0 Å². The molecule has 0 saturated carbocycles. The third-order valence-corrected chi connectivity index (χ3v) is 10.2.